The lowest BCUT2D eigenvalue weighted by Crippen LogP contribution is -2.51. The van der Waals surface area contributed by atoms with Crippen molar-refractivity contribution in [2.24, 2.45) is 0 Å². The molecular weight excluding hydrogens is 261 g/mol. The summed E-state index contributed by atoms with van der Waals surface area (Å²) in [6.45, 7) is 2.37. The van der Waals surface area contributed by atoms with Crippen molar-refractivity contribution in [3.8, 4) is 0 Å². The first-order valence-electron chi connectivity index (χ1n) is 4.77. The van der Waals surface area contributed by atoms with E-state index in [2.05, 4.69) is 15.9 Å². The monoisotopic (exact) mass is 271 g/mol. The van der Waals surface area contributed by atoms with Crippen LogP contribution in [-0.2, 0) is 0 Å². The van der Waals surface area contributed by atoms with E-state index >= 15 is 0 Å². The molecule has 1 heterocycles. The normalized spacial score (nSPS) is 16.3. The first kappa shape index (κ1) is 10.6. The van der Waals surface area contributed by atoms with Crippen molar-refractivity contribution in [1.29, 1.82) is 0 Å². The highest BCUT2D eigenvalue weighted by Gasteiger charge is 2.31. The van der Waals surface area contributed by atoms with Gasteiger partial charge in [0.15, 0.2) is 0 Å². The third kappa shape index (κ3) is 2.04. The first-order chi connectivity index (χ1) is 7.08. The van der Waals surface area contributed by atoms with Crippen molar-refractivity contribution in [2.45, 2.75) is 13.1 Å². The molecule has 15 heavy (non-hydrogen) atoms. The van der Waals surface area contributed by atoms with E-state index in [1.807, 2.05) is 25.1 Å². The number of rotatable bonds is 1. The van der Waals surface area contributed by atoms with Crippen LogP contribution < -0.4 is 0 Å². The number of likely N-dealkylation sites (tertiary alicyclic amines) is 1. The van der Waals surface area contributed by atoms with Gasteiger partial charge in [-0.15, -0.1) is 0 Å². The standard InChI is InChI=1S/C11H11BrFNO/c1-7-2-3-10(12)9(4-7)11(15)14-5-8(13)6-14/h2-4,8H,5-6H2,1H3. The highest BCUT2D eigenvalue weighted by Crippen LogP contribution is 2.22. The molecule has 0 saturated carbocycles. The van der Waals surface area contributed by atoms with Gasteiger partial charge in [0.1, 0.15) is 6.17 Å². The minimum atomic E-state index is -0.850. The Hall–Kier alpha value is -0.900. The number of halogens is 2. The number of aryl methyl sites for hydroxylation is 1. The maximum Gasteiger partial charge on any atom is 0.255 e. The van der Waals surface area contributed by atoms with E-state index in [1.54, 1.807) is 0 Å². The molecule has 0 spiro atoms. The van der Waals surface area contributed by atoms with Gasteiger partial charge in [-0.25, -0.2) is 4.39 Å². The Kier molecular flexibility index (Phi) is 2.78. The topological polar surface area (TPSA) is 20.3 Å². The number of hydrogen-bond donors (Lipinski definition) is 0. The van der Waals surface area contributed by atoms with Crippen molar-refractivity contribution in [1.82, 2.24) is 4.90 Å². The van der Waals surface area contributed by atoms with E-state index in [0.29, 0.717) is 5.56 Å². The van der Waals surface area contributed by atoms with E-state index in [1.165, 1.54) is 4.90 Å². The first-order valence-corrected chi connectivity index (χ1v) is 5.56. The van der Waals surface area contributed by atoms with E-state index < -0.39 is 6.17 Å². The molecule has 2 rings (SSSR count). The summed E-state index contributed by atoms with van der Waals surface area (Å²) in [5.41, 5.74) is 1.64. The lowest BCUT2D eigenvalue weighted by Gasteiger charge is -2.34. The Morgan fingerprint density at radius 1 is 1.53 bits per heavy atom. The minimum Gasteiger partial charge on any atom is -0.333 e. The average Bonchev–Trinajstić information content (AvgIpc) is 2.16. The van der Waals surface area contributed by atoms with Crippen molar-refractivity contribution in [2.75, 3.05) is 13.1 Å². The van der Waals surface area contributed by atoms with Crippen molar-refractivity contribution >= 4 is 21.8 Å². The summed E-state index contributed by atoms with van der Waals surface area (Å²) in [5.74, 6) is -0.0977. The summed E-state index contributed by atoms with van der Waals surface area (Å²) >= 11 is 3.33. The van der Waals surface area contributed by atoms with Crippen LogP contribution in [0.4, 0.5) is 4.39 Å². The largest absolute Gasteiger partial charge is 0.333 e. The summed E-state index contributed by atoms with van der Waals surface area (Å²) in [4.78, 5) is 13.4. The summed E-state index contributed by atoms with van der Waals surface area (Å²) in [5, 5.41) is 0. The number of benzene rings is 1. The van der Waals surface area contributed by atoms with Crippen LogP contribution in [0.1, 0.15) is 15.9 Å². The summed E-state index contributed by atoms with van der Waals surface area (Å²) in [6, 6.07) is 5.59. The SMILES string of the molecule is Cc1ccc(Br)c(C(=O)N2CC(F)C2)c1. The molecule has 4 heteroatoms. The molecule has 0 N–H and O–H groups in total. The fraction of sp³-hybridized carbons (Fsp3) is 0.364. The maximum absolute atomic E-state index is 12.6. The maximum atomic E-state index is 12.6. The molecule has 1 aromatic rings. The van der Waals surface area contributed by atoms with E-state index in [0.717, 1.165) is 10.0 Å². The summed E-state index contributed by atoms with van der Waals surface area (Å²) in [6.07, 6.45) is -0.850. The van der Waals surface area contributed by atoms with Crippen LogP contribution in [-0.4, -0.2) is 30.1 Å². The Labute approximate surface area is 96.2 Å². The van der Waals surface area contributed by atoms with Crippen LogP contribution in [0.2, 0.25) is 0 Å². The molecule has 2 nitrogen and oxygen atoms in total. The lowest BCUT2D eigenvalue weighted by molar-refractivity contribution is 0.0399. The lowest BCUT2D eigenvalue weighted by atomic mass is 10.1. The van der Waals surface area contributed by atoms with Crippen LogP contribution in [0.25, 0.3) is 0 Å². The third-order valence-corrected chi connectivity index (χ3v) is 3.17. The Morgan fingerprint density at radius 3 is 2.80 bits per heavy atom. The van der Waals surface area contributed by atoms with Gasteiger partial charge in [0, 0.05) is 4.47 Å². The van der Waals surface area contributed by atoms with Crippen LogP contribution in [0, 0.1) is 6.92 Å². The van der Waals surface area contributed by atoms with Crippen molar-refractivity contribution in [3.63, 3.8) is 0 Å². The predicted octanol–water partition coefficient (Wildman–Crippen LogP) is 2.55. The second-order valence-electron chi connectivity index (χ2n) is 3.79. The van der Waals surface area contributed by atoms with Crippen LogP contribution in [0.5, 0.6) is 0 Å². The van der Waals surface area contributed by atoms with Gasteiger partial charge in [0.2, 0.25) is 0 Å². The van der Waals surface area contributed by atoms with Gasteiger partial charge >= 0.3 is 0 Å². The van der Waals surface area contributed by atoms with E-state index in [9.17, 15) is 9.18 Å². The molecule has 0 unspecified atom stereocenters. The zero-order valence-electron chi connectivity index (χ0n) is 8.34. The second-order valence-corrected chi connectivity index (χ2v) is 4.65. The highest BCUT2D eigenvalue weighted by molar-refractivity contribution is 9.10. The molecule has 80 valence electrons. The Balaban J connectivity index is 2.22. The molecule has 0 aromatic heterocycles. The number of hydrogen-bond acceptors (Lipinski definition) is 1. The predicted molar refractivity (Wildman–Crippen MR) is 59.7 cm³/mol. The van der Waals surface area contributed by atoms with Crippen LogP contribution in [0.3, 0.4) is 0 Å². The molecule has 1 aliphatic heterocycles. The number of amides is 1. The van der Waals surface area contributed by atoms with Crippen LogP contribution in [0.15, 0.2) is 22.7 Å². The van der Waals surface area contributed by atoms with Gasteiger partial charge in [0.25, 0.3) is 5.91 Å². The minimum absolute atomic E-state index is 0.0977. The van der Waals surface area contributed by atoms with Gasteiger partial charge < -0.3 is 4.90 Å². The van der Waals surface area contributed by atoms with Gasteiger partial charge in [0.05, 0.1) is 18.7 Å². The van der Waals surface area contributed by atoms with Gasteiger partial charge in [-0.1, -0.05) is 11.6 Å². The Bertz CT molecular complexity index is 402. The molecule has 1 fully saturated rings. The molecular formula is C11H11BrFNO. The van der Waals surface area contributed by atoms with E-state index in [4.69, 9.17) is 0 Å². The zero-order valence-corrected chi connectivity index (χ0v) is 9.92. The van der Waals surface area contributed by atoms with Crippen molar-refractivity contribution in [3.05, 3.63) is 33.8 Å². The number of carbonyl (C=O) groups excluding carboxylic acids is 1. The molecule has 0 bridgehead atoms. The molecule has 0 radical (unpaired) electrons. The fourth-order valence-electron chi connectivity index (χ4n) is 1.56. The van der Waals surface area contributed by atoms with Gasteiger partial charge in [-0.05, 0) is 35.0 Å². The highest BCUT2D eigenvalue weighted by atomic mass is 79.9. The summed E-state index contributed by atoms with van der Waals surface area (Å²) < 4.78 is 13.4. The zero-order chi connectivity index (χ0) is 11.0. The third-order valence-electron chi connectivity index (χ3n) is 2.48. The second kappa shape index (κ2) is 3.93. The number of nitrogens with zero attached hydrogens (tertiary/aromatic N) is 1. The molecule has 0 aliphatic carbocycles. The molecule has 1 aliphatic rings. The number of carbonyl (C=O) groups is 1. The van der Waals surface area contributed by atoms with Crippen LogP contribution >= 0.6 is 15.9 Å². The smallest absolute Gasteiger partial charge is 0.255 e. The van der Waals surface area contributed by atoms with Gasteiger partial charge in [-0.2, -0.15) is 0 Å². The molecule has 0 atom stereocenters. The summed E-state index contributed by atoms with van der Waals surface area (Å²) in [7, 11) is 0. The average molecular weight is 272 g/mol. The Morgan fingerprint density at radius 2 is 2.20 bits per heavy atom. The quantitative estimate of drug-likeness (QED) is 0.769. The molecule has 1 saturated heterocycles. The van der Waals surface area contributed by atoms with E-state index in [-0.39, 0.29) is 19.0 Å². The fourth-order valence-corrected chi connectivity index (χ4v) is 1.98. The molecule has 1 amide bonds. The number of alkyl halides is 1. The van der Waals surface area contributed by atoms with Gasteiger partial charge in [-0.3, -0.25) is 4.79 Å². The molecule has 1 aromatic carbocycles. The van der Waals surface area contributed by atoms with Crippen molar-refractivity contribution < 1.29 is 9.18 Å².